The van der Waals surface area contributed by atoms with Gasteiger partial charge >= 0.3 is 0 Å². The summed E-state index contributed by atoms with van der Waals surface area (Å²) in [6, 6.07) is 4.07. The van der Waals surface area contributed by atoms with Gasteiger partial charge in [0.15, 0.2) is 11.5 Å². The average molecular weight is 479 g/mol. The normalized spacial score (nSPS) is 15.3. The zero-order chi connectivity index (χ0) is 24.0. The monoisotopic (exact) mass is 478 g/mol. The van der Waals surface area contributed by atoms with E-state index in [0.29, 0.717) is 36.6 Å². The van der Waals surface area contributed by atoms with Crippen LogP contribution in [0.5, 0.6) is 11.5 Å². The van der Waals surface area contributed by atoms with E-state index in [-0.39, 0.29) is 17.3 Å². The van der Waals surface area contributed by atoms with Crippen molar-refractivity contribution >= 4 is 40.2 Å². The van der Waals surface area contributed by atoms with E-state index in [0.717, 1.165) is 42.7 Å². The van der Waals surface area contributed by atoms with Gasteiger partial charge in [-0.15, -0.1) is 11.6 Å². The first-order chi connectivity index (χ1) is 15.7. The van der Waals surface area contributed by atoms with E-state index < -0.39 is 0 Å². The lowest BCUT2D eigenvalue weighted by atomic mass is 9.98. The minimum absolute atomic E-state index is 0.0593. The number of hydrogen-bond donors (Lipinski definition) is 3. The number of alkyl halides is 1. The first-order valence-corrected chi connectivity index (χ1v) is 11.8. The molecule has 1 aromatic carbocycles. The van der Waals surface area contributed by atoms with Crippen molar-refractivity contribution in [2.24, 2.45) is 0 Å². The number of hydrogen-bond acceptors (Lipinski definition) is 8. The smallest absolute Gasteiger partial charge is 0.234 e. The van der Waals surface area contributed by atoms with Crippen molar-refractivity contribution in [3.63, 3.8) is 0 Å². The Hall–Kier alpha value is -2.52. The Balaban J connectivity index is 1.83. The maximum atomic E-state index is 11.3. The summed E-state index contributed by atoms with van der Waals surface area (Å²) in [6.07, 6.45) is 2.06. The van der Waals surface area contributed by atoms with Crippen LogP contribution in [0.3, 0.4) is 0 Å². The van der Waals surface area contributed by atoms with E-state index in [2.05, 4.69) is 46.6 Å². The van der Waals surface area contributed by atoms with E-state index >= 15 is 0 Å². The number of fused-ring (bicyclic) bond motifs is 1. The van der Waals surface area contributed by atoms with Crippen molar-refractivity contribution in [2.75, 3.05) is 56.9 Å². The molecule has 2 heterocycles. The molecule has 3 rings (SSSR count). The highest BCUT2D eigenvalue weighted by Crippen LogP contribution is 2.35. The van der Waals surface area contributed by atoms with Gasteiger partial charge in [0.25, 0.3) is 0 Å². The fraction of sp³-hybridized carbons (Fsp3) is 0.609. The first kappa shape index (κ1) is 25.1. The summed E-state index contributed by atoms with van der Waals surface area (Å²) < 4.78 is 11.0. The molecule has 182 valence electrons. The number of nitrogens with one attached hydrogen (secondary N) is 3. The second-order valence-corrected chi connectivity index (χ2v) is 9.37. The number of benzene rings is 1. The second-order valence-electron chi connectivity index (χ2n) is 9.11. The number of piperidine rings is 1. The lowest BCUT2D eigenvalue weighted by Crippen LogP contribution is -2.48. The van der Waals surface area contributed by atoms with Crippen LogP contribution in [0.25, 0.3) is 10.9 Å². The molecular weight excluding hydrogens is 444 g/mol. The van der Waals surface area contributed by atoms with Crippen molar-refractivity contribution in [3.05, 3.63) is 12.1 Å². The number of likely N-dealkylation sites (tertiary alicyclic amines) is 1. The highest BCUT2D eigenvalue weighted by Gasteiger charge is 2.27. The molecule has 1 amide bonds. The predicted octanol–water partition coefficient (Wildman–Crippen LogP) is 3.09. The highest BCUT2D eigenvalue weighted by molar-refractivity contribution is 6.27. The molecule has 0 aliphatic carbocycles. The molecule has 1 fully saturated rings. The molecule has 9 nitrogen and oxygen atoms in total. The van der Waals surface area contributed by atoms with Crippen LogP contribution in [0.1, 0.15) is 33.6 Å². The summed E-state index contributed by atoms with van der Waals surface area (Å²) in [5.41, 5.74) is 0.913. The number of nitrogens with zero attached hydrogens (tertiary/aromatic N) is 3. The molecule has 0 radical (unpaired) electrons. The number of carbonyl (C=O) groups excluding carboxylic acids is 1. The van der Waals surface area contributed by atoms with Gasteiger partial charge in [-0.1, -0.05) is 0 Å². The first-order valence-electron chi connectivity index (χ1n) is 11.3. The number of aromatic nitrogens is 2. The molecule has 2 aromatic rings. The van der Waals surface area contributed by atoms with Crippen LogP contribution in [0, 0.1) is 0 Å². The molecule has 1 aromatic heterocycles. The highest BCUT2D eigenvalue weighted by atomic mass is 35.5. The van der Waals surface area contributed by atoms with E-state index in [1.54, 1.807) is 14.2 Å². The lowest BCUT2D eigenvalue weighted by Gasteiger charge is -2.41. The SMILES string of the molecule is COc1cc2nc(NCCNC(=O)CCl)nc(NC3CCN(C(C)(C)C)CC3)c2cc1OC. The van der Waals surface area contributed by atoms with Crippen LogP contribution in [-0.2, 0) is 4.79 Å². The molecule has 0 unspecified atom stereocenters. The van der Waals surface area contributed by atoms with Crippen LogP contribution in [0.4, 0.5) is 11.8 Å². The number of methoxy groups -OCH3 is 2. The summed E-state index contributed by atoms with van der Waals surface area (Å²) in [5.74, 6) is 2.19. The van der Waals surface area contributed by atoms with Crippen molar-refractivity contribution < 1.29 is 14.3 Å². The molecule has 3 N–H and O–H groups in total. The zero-order valence-corrected chi connectivity index (χ0v) is 20.9. The van der Waals surface area contributed by atoms with Gasteiger partial charge in [0.1, 0.15) is 11.7 Å². The minimum Gasteiger partial charge on any atom is -0.493 e. The van der Waals surface area contributed by atoms with Crippen LogP contribution >= 0.6 is 11.6 Å². The van der Waals surface area contributed by atoms with Crippen molar-refractivity contribution in [1.29, 1.82) is 0 Å². The lowest BCUT2D eigenvalue weighted by molar-refractivity contribution is -0.118. The molecule has 1 aliphatic rings. The molecule has 10 heteroatoms. The molecule has 33 heavy (non-hydrogen) atoms. The average Bonchev–Trinajstić information content (AvgIpc) is 2.80. The summed E-state index contributed by atoms with van der Waals surface area (Å²) in [6.45, 7) is 9.74. The van der Waals surface area contributed by atoms with Gasteiger partial charge in [-0.3, -0.25) is 9.69 Å². The van der Waals surface area contributed by atoms with Gasteiger partial charge in [-0.05, 0) is 39.7 Å². The topological polar surface area (TPSA) is 101 Å². The van der Waals surface area contributed by atoms with Crippen LogP contribution in [-0.4, -0.2) is 78.6 Å². The largest absolute Gasteiger partial charge is 0.493 e. The Morgan fingerprint density at radius 3 is 2.39 bits per heavy atom. The zero-order valence-electron chi connectivity index (χ0n) is 20.1. The summed E-state index contributed by atoms with van der Waals surface area (Å²) >= 11 is 5.52. The van der Waals surface area contributed by atoms with Crippen LogP contribution in [0.15, 0.2) is 12.1 Å². The maximum absolute atomic E-state index is 11.3. The van der Waals surface area contributed by atoms with E-state index in [1.165, 1.54) is 0 Å². The molecule has 0 saturated carbocycles. The van der Waals surface area contributed by atoms with Gasteiger partial charge in [0.2, 0.25) is 11.9 Å². The number of carbonyl (C=O) groups is 1. The third-order valence-corrected chi connectivity index (χ3v) is 6.08. The minimum atomic E-state index is -0.210. The Labute approximate surface area is 200 Å². The third-order valence-electron chi connectivity index (χ3n) is 5.84. The van der Waals surface area contributed by atoms with Gasteiger partial charge in [-0.25, -0.2) is 4.98 Å². The van der Waals surface area contributed by atoms with Gasteiger partial charge < -0.3 is 25.4 Å². The molecule has 0 atom stereocenters. The van der Waals surface area contributed by atoms with Gasteiger partial charge in [0, 0.05) is 49.2 Å². The second kappa shape index (κ2) is 11.1. The van der Waals surface area contributed by atoms with E-state index in [9.17, 15) is 4.79 Å². The summed E-state index contributed by atoms with van der Waals surface area (Å²) in [5, 5.41) is 10.4. The van der Waals surface area contributed by atoms with Crippen LogP contribution in [0.2, 0.25) is 0 Å². The Bertz CT molecular complexity index is 957. The number of anilines is 2. The number of amides is 1. The van der Waals surface area contributed by atoms with E-state index in [4.69, 9.17) is 26.1 Å². The Morgan fingerprint density at radius 2 is 1.79 bits per heavy atom. The number of ether oxygens (including phenoxy) is 2. The Morgan fingerprint density at radius 1 is 1.12 bits per heavy atom. The fourth-order valence-electron chi connectivity index (χ4n) is 3.96. The molecular formula is C23H35ClN6O3. The predicted molar refractivity (Wildman–Crippen MR) is 133 cm³/mol. The third kappa shape index (κ3) is 6.51. The fourth-order valence-corrected chi connectivity index (χ4v) is 4.05. The van der Waals surface area contributed by atoms with E-state index in [1.807, 2.05) is 12.1 Å². The number of halogens is 1. The molecule has 0 spiro atoms. The van der Waals surface area contributed by atoms with Crippen molar-refractivity contribution in [2.45, 2.75) is 45.2 Å². The molecule has 1 saturated heterocycles. The standard InChI is InChI=1S/C23H35ClN6O3/c1-23(2,3)30-10-6-15(7-11-30)27-21-16-12-18(32-4)19(33-5)13-17(16)28-22(29-21)26-9-8-25-20(31)14-24/h12-13,15H,6-11,14H2,1-5H3,(H,25,31)(H2,26,27,28,29). The van der Waals surface area contributed by atoms with Crippen LogP contribution < -0.4 is 25.4 Å². The van der Waals surface area contributed by atoms with Crippen molar-refractivity contribution in [3.8, 4) is 11.5 Å². The van der Waals surface area contributed by atoms with Gasteiger partial charge in [-0.2, -0.15) is 4.98 Å². The Kier molecular flexibility index (Phi) is 8.42. The number of rotatable bonds is 9. The molecule has 1 aliphatic heterocycles. The summed E-state index contributed by atoms with van der Waals surface area (Å²) in [4.78, 5) is 23.3. The molecule has 0 bridgehead atoms. The maximum Gasteiger partial charge on any atom is 0.234 e. The summed E-state index contributed by atoms with van der Waals surface area (Å²) in [7, 11) is 3.22. The quantitative estimate of drug-likeness (QED) is 0.373. The van der Waals surface area contributed by atoms with Crippen molar-refractivity contribution in [1.82, 2.24) is 20.2 Å². The van der Waals surface area contributed by atoms with Gasteiger partial charge in [0.05, 0.1) is 19.7 Å².